The van der Waals surface area contributed by atoms with E-state index in [1.165, 1.54) is 18.5 Å². The minimum atomic E-state index is -0.253. The first-order chi connectivity index (χ1) is 9.61. The molecule has 2 aromatic rings. The number of hydrogen-bond acceptors (Lipinski definition) is 5. The minimum absolute atomic E-state index is 0.253. The summed E-state index contributed by atoms with van der Waals surface area (Å²) in [6, 6.07) is 6.32. The Morgan fingerprint density at radius 1 is 1.25 bits per heavy atom. The Kier molecular flexibility index (Phi) is 4.34. The summed E-state index contributed by atoms with van der Waals surface area (Å²) in [5.41, 5.74) is 7.36. The van der Waals surface area contributed by atoms with Gasteiger partial charge in [-0.1, -0.05) is 12.1 Å². The van der Waals surface area contributed by atoms with Gasteiger partial charge in [0.05, 0.1) is 6.61 Å². The fourth-order valence-electron chi connectivity index (χ4n) is 1.87. The summed E-state index contributed by atoms with van der Waals surface area (Å²) >= 11 is 0. The van der Waals surface area contributed by atoms with E-state index in [0.29, 0.717) is 30.5 Å². The van der Waals surface area contributed by atoms with Crippen molar-refractivity contribution in [3.05, 3.63) is 42.0 Å². The minimum Gasteiger partial charge on any atom is -0.476 e. The average molecular weight is 276 g/mol. The number of nitrogen functional groups attached to an aromatic ring is 1. The largest absolute Gasteiger partial charge is 0.476 e. The van der Waals surface area contributed by atoms with E-state index in [4.69, 9.17) is 10.5 Å². The number of anilines is 2. The Morgan fingerprint density at radius 3 is 2.60 bits per heavy atom. The molecule has 0 bridgehead atoms. The van der Waals surface area contributed by atoms with Crippen LogP contribution in [-0.2, 0) is 6.54 Å². The first-order valence-corrected chi connectivity index (χ1v) is 6.30. The van der Waals surface area contributed by atoms with Crippen LogP contribution in [0, 0.1) is 5.82 Å². The molecule has 1 heterocycles. The molecule has 20 heavy (non-hydrogen) atoms. The molecule has 0 amide bonds. The molecule has 0 saturated heterocycles. The third kappa shape index (κ3) is 3.14. The lowest BCUT2D eigenvalue weighted by atomic mass is 10.2. The first kappa shape index (κ1) is 14.0. The van der Waals surface area contributed by atoms with E-state index in [9.17, 15) is 4.39 Å². The zero-order valence-electron chi connectivity index (χ0n) is 11.5. The van der Waals surface area contributed by atoms with Crippen LogP contribution in [0.2, 0.25) is 0 Å². The van der Waals surface area contributed by atoms with Gasteiger partial charge in [0.1, 0.15) is 17.8 Å². The summed E-state index contributed by atoms with van der Waals surface area (Å²) in [6.07, 6.45) is 1.41. The number of nitrogens with two attached hydrogens (primary N) is 1. The van der Waals surface area contributed by atoms with E-state index in [2.05, 4.69) is 9.97 Å². The topological polar surface area (TPSA) is 64.3 Å². The van der Waals surface area contributed by atoms with Gasteiger partial charge in [0.25, 0.3) is 0 Å². The van der Waals surface area contributed by atoms with Crippen molar-refractivity contribution in [2.45, 2.75) is 13.5 Å². The molecule has 6 heteroatoms. The Morgan fingerprint density at radius 2 is 1.95 bits per heavy atom. The van der Waals surface area contributed by atoms with E-state index in [1.54, 1.807) is 12.1 Å². The van der Waals surface area contributed by atoms with Crippen molar-refractivity contribution < 1.29 is 9.13 Å². The number of benzene rings is 1. The molecule has 106 valence electrons. The third-order valence-electron chi connectivity index (χ3n) is 2.80. The van der Waals surface area contributed by atoms with E-state index < -0.39 is 0 Å². The number of halogens is 1. The van der Waals surface area contributed by atoms with Gasteiger partial charge in [-0.15, -0.1) is 0 Å². The molecule has 0 aliphatic carbocycles. The SMILES string of the molecule is CCOc1ncnc(N(C)Cc2ccc(F)cc2)c1N. The van der Waals surface area contributed by atoms with Gasteiger partial charge in [0.2, 0.25) is 5.88 Å². The fraction of sp³-hybridized carbons (Fsp3) is 0.286. The second-order valence-electron chi connectivity index (χ2n) is 4.33. The zero-order chi connectivity index (χ0) is 14.5. The quantitative estimate of drug-likeness (QED) is 0.907. The second-order valence-corrected chi connectivity index (χ2v) is 4.33. The van der Waals surface area contributed by atoms with Crippen LogP contribution in [0.15, 0.2) is 30.6 Å². The normalized spacial score (nSPS) is 10.3. The number of nitrogens with zero attached hydrogens (tertiary/aromatic N) is 3. The summed E-state index contributed by atoms with van der Waals surface area (Å²) in [7, 11) is 1.86. The summed E-state index contributed by atoms with van der Waals surface area (Å²) in [4.78, 5) is 10.0. The molecule has 0 spiro atoms. The predicted molar refractivity (Wildman–Crippen MR) is 76.1 cm³/mol. The first-order valence-electron chi connectivity index (χ1n) is 6.30. The Hall–Kier alpha value is -2.37. The van der Waals surface area contributed by atoms with Crippen molar-refractivity contribution in [2.75, 3.05) is 24.3 Å². The summed E-state index contributed by atoms with van der Waals surface area (Å²) in [5.74, 6) is 0.716. The second kappa shape index (κ2) is 6.18. The fourth-order valence-corrected chi connectivity index (χ4v) is 1.87. The van der Waals surface area contributed by atoms with Crippen LogP contribution < -0.4 is 15.4 Å². The maximum absolute atomic E-state index is 12.9. The highest BCUT2D eigenvalue weighted by atomic mass is 19.1. The summed E-state index contributed by atoms with van der Waals surface area (Å²) < 4.78 is 18.2. The van der Waals surface area contributed by atoms with Gasteiger partial charge < -0.3 is 15.4 Å². The Bertz CT molecular complexity index is 574. The third-order valence-corrected chi connectivity index (χ3v) is 2.80. The molecule has 0 aliphatic rings. The smallest absolute Gasteiger partial charge is 0.242 e. The predicted octanol–water partition coefficient (Wildman–Crippen LogP) is 2.23. The molecule has 2 N–H and O–H groups in total. The van der Waals surface area contributed by atoms with Gasteiger partial charge in [-0.25, -0.2) is 9.37 Å². The standard InChI is InChI=1S/C14H17FN4O/c1-3-20-14-12(16)13(17-9-18-14)19(2)8-10-4-6-11(15)7-5-10/h4-7,9H,3,8,16H2,1-2H3. The van der Waals surface area contributed by atoms with Gasteiger partial charge in [0.15, 0.2) is 5.82 Å². The molecule has 0 unspecified atom stereocenters. The van der Waals surface area contributed by atoms with Gasteiger partial charge in [-0.2, -0.15) is 4.98 Å². The Balaban J connectivity index is 2.18. The molecule has 1 aromatic heterocycles. The molecule has 0 atom stereocenters. The number of hydrogen-bond donors (Lipinski definition) is 1. The number of ether oxygens (including phenoxy) is 1. The average Bonchev–Trinajstić information content (AvgIpc) is 2.44. The van der Waals surface area contributed by atoms with Crippen LogP contribution in [0.4, 0.5) is 15.9 Å². The zero-order valence-corrected chi connectivity index (χ0v) is 11.5. The maximum Gasteiger partial charge on any atom is 0.242 e. The molecule has 5 nitrogen and oxygen atoms in total. The van der Waals surface area contributed by atoms with Crippen LogP contribution in [0.3, 0.4) is 0 Å². The van der Waals surface area contributed by atoms with Crippen LogP contribution in [0.1, 0.15) is 12.5 Å². The highest BCUT2D eigenvalue weighted by molar-refractivity contribution is 5.67. The lowest BCUT2D eigenvalue weighted by Gasteiger charge is -2.20. The van der Waals surface area contributed by atoms with Gasteiger partial charge in [-0.05, 0) is 24.6 Å². The Labute approximate surface area is 117 Å². The lowest BCUT2D eigenvalue weighted by molar-refractivity contribution is 0.328. The highest BCUT2D eigenvalue weighted by Gasteiger charge is 2.13. The van der Waals surface area contributed by atoms with Crippen molar-refractivity contribution in [1.29, 1.82) is 0 Å². The van der Waals surface area contributed by atoms with Crippen molar-refractivity contribution in [3.8, 4) is 5.88 Å². The molecule has 1 aromatic carbocycles. The molecule has 2 rings (SSSR count). The van der Waals surface area contributed by atoms with Gasteiger partial charge >= 0.3 is 0 Å². The molecule has 0 aliphatic heterocycles. The molecular formula is C14H17FN4O. The number of rotatable bonds is 5. The summed E-state index contributed by atoms with van der Waals surface area (Å²) in [5, 5.41) is 0. The van der Waals surface area contributed by atoms with Gasteiger partial charge in [0, 0.05) is 13.6 Å². The van der Waals surface area contributed by atoms with Crippen LogP contribution >= 0.6 is 0 Å². The van der Waals surface area contributed by atoms with Crippen LogP contribution in [0.25, 0.3) is 0 Å². The molecular weight excluding hydrogens is 259 g/mol. The van der Waals surface area contributed by atoms with E-state index >= 15 is 0 Å². The number of aromatic nitrogens is 2. The monoisotopic (exact) mass is 276 g/mol. The van der Waals surface area contributed by atoms with Crippen molar-refractivity contribution in [3.63, 3.8) is 0 Å². The van der Waals surface area contributed by atoms with Crippen LogP contribution in [-0.4, -0.2) is 23.6 Å². The molecule has 0 fully saturated rings. The van der Waals surface area contributed by atoms with Crippen molar-refractivity contribution in [1.82, 2.24) is 9.97 Å². The van der Waals surface area contributed by atoms with Crippen molar-refractivity contribution in [2.24, 2.45) is 0 Å². The molecule has 0 saturated carbocycles. The van der Waals surface area contributed by atoms with Crippen molar-refractivity contribution >= 4 is 11.5 Å². The maximum atomic E-state index is 12.9. The van der Waals surface area contributed by atoms with E-state index in [1.807, 2.05) is 18.9 Å². The highest BCUT2D eigenvalue weighted by Crippen LogP contribution is 2.27. The van der Waals surface area contributed by atoms with E-state index in [0.717, 1.165) is 5.56 Å². The van der Waals surface area contributed by atoms with Gasteiger partial charge in [-0.3, -0.25) is 0 Å². The molecule has 0 radical (unpaired) electrons. The summed E-state index contributed by atoms with van der Waals surface area (Å²) in [6.45, 7) is 2.92. The van der Waals surface area contributed by atoms with Crippen LogP contribution in [0.5, 0.6) is 5.88 Å². The van der Waals surface area contributed by atoms with E-state index in [-0.39, 0.29) is 5.82 Å². The lowest BCUT2D eigenvalue weighted by Crippen LogP contribution is -2.20.